The van der Waals surface area contributed by atoms with Crippen LogP contribution in [0, 0.1) is 30.6 Å². The van der Waals surface area contributed by atoms with Crippen LogP contribution in [0.4, 0.5) is 5.69 Å². The van der Waals surface area contributed by atoms with Gasteiger partial charge in [0.15, 0.2) is 0 Å². The predicted octanol–water partition coefficient (Wildman–Crippen LogP) is 3.57. The quantitative estimate of drug-likeness (QED) is 0.508. The van der Waals surface area contributed by atoms with Gasteiger partial charge < -0.3 is 24.8 Å². The molecule has 36 heavy (non-hydrogen) atoms. The van der Waals surface area contributed by atoms with Gasteiger partial charge in [0.2, 0.25) is 11.8 Å². The van der Waals surface area contributed by atoms with Crippen molar-refractivity contribution in [3.63, 3.8) is 0 Å². The highest BCUT2D eigenvalue weighted by Gasteiger charge is 2.80. The van der Waals surface area contributed by atoms with Crippen molar-refractivity contribution in [1.82, 2.24) is 4.90 Å². The second-order valence-electron chi connectivity index (χ2n) is 11.1. The summed E-state index contributed by atoms with van der Waals surface area (Å²) in [5.41, 5.74) is -0.908. The van der Waals surface area contributed by atoms with Crippen molar-refractivity contribution in [2.75, 3.05) is 18.5 Å². The van der Waals surface area contributed by atoms with E-state index >= 15 is 0 Å². The molecule has 1 spiro atoms. The molecule has 4 rings (SSSR count). The Morgan fingerprint density at radius 3 is 2.64 bits per heavy atom. The van der Waals surface area contributed by atoms with E-state index < -0.39 is 47.0 Å². The highest BCUT2D eigenvalue weighted by molar-refractivity contribution is 6.34. The molecule has 3 saturated heterocycles. The van der Waals surface area contributed by atoms with E-state index in [4.69, 9.17) is 21.1 Å². The number of aliphatic hydroxyl groups excluding tert-OH is 1. The Morgan fingerprint density at radius 1 is 1.36 bits per heavy atom. The molecule has 7 atom stereocenters. The lowest BCUT2D eigenvalue weighted by molar-refractivity contribution is -0.162. The summed E-state index contributed by atoms with van der Waals surface area (Å²) in [5.74, 6) is -2.91. The molecule has 8 nitrogen and oxygen atoms in total. The van der Waals surface area contributed by atoms with E-state index in [-0.39, 0.29) is 31.0 Å². The maximum atomic E-state index is 14.1. The highest BCUT2D eigenvalue weighted by atomic mass is 35.5. The van der Waals surface area contributed by atoms with Crippen LogP contribution < -0.4 is 5.32 Å². The molecule has 3 heterocycles. The van der Waals surface area contributed by atoms with E-state index in [1.54, 1.807) is 19.1 Å². The van der Waals surface area contributed by atoms with Crippen LogP contribution in [-0.2, 0) is 23.9 Å². The molecule has 3 unspecified atom stereocenters. The van der Waals surface area contributed by atoms with Gasteiger partial charge in [-0.2, -0.15) is 0 Å². The first kappa shape index (κ1) is 26.9. The number of nitrogens with one attached hydrogen (secondary N) is 1. The van der Waals surface area contributed by atoms with Crippen LogP contribution in [-0.4, -0.2) is 64.3 Å². The summed E-state index contributed by atoms with van der Waals surface area (Å²) in [6.45, 7) is 11.3. The molecule has 2 N–H and O–H groups in total. The van der Waals surface area contributed by atoms with E-state index in [1.807, 2.05) is 40.7 Å². The molecule has 2 bridgehead atoms. The summed E-state index contributed by atoms with van der Waals surface area (Å²) >= 11 is 6.41. The zero-order chi connectivity index (χ0) is 26.6. The molecule has 9 heteroatoms. The number of anilines is 1. The number of halogens is 1. The van der Waals surface area contributed by atoms with Crippen LogP contribution >= 0.6 is 11.6 Å². The van der Waals surface area contributed by atoms with Crippen LogP contribution in [0.25, 0.3) is 0 Å². The molecule has 3 fully saturated rings. The Labute approximate surface area is 217 Å². The molecule has 0 aromatic heterocycles. The van der Waals surface area contributed by atoms with Crippen LogP contribution in [0.5, 0.6) is 0 Å². The highest BCUT2D eigenvalue weighted by Crippen LogP contribution is 2.65. The normalized spacial score (nSPS) is 33.7. The summed E-state index contributed by atoms with van der Waals surface area (Å²) in [6, 6.07) is 3.69. The lowest BCUT2D eigenvalue weighted by Crippen LogP contribution is -2.56. The van der Waals surface area contributed by atoms with E-state index in [9.17, 15) is 19.5 Å². The van der Waals surface area contributed by atoms with Crippen molar-refractivity contribution in [2.24, 2.45) is 23.7 Å². The van der Waals surface area contributed by atoms with Gasteiger partial charge in [0.1, 0.15) is 17.6 Å². The van der Waals surface area contributed by atoms with Gasteiger partial charge in [-0.3, -0.25) is 14.4 Å². The van der Waals surface area contributed by atoms with E-state index in [1.165, 1.54) is 4.90 Å². The van der Waals surface area contributed by atoms with Gasteiger partial charge in [-0.1, -0.05) is 44.5 Å². The first-order chi connectivity index (χ1) is 16.9. The predicted molar refractivity (Wildman–Crippen MR) is 135 cm³/mol. The summed E-state index contributed by atoms with van der Waals surface area (Å²) in [7, 11) is 0. The second kappa shape index (κ2) is 9.62. The maximum Gasteiger partial charge on any atom is 0.312 e. The standard InChI is InChI=1S/C27H37ClN2O6/c1-7-35-25(34)20-19-24(33)30(17(13-31)11-14(2)3)22(27(19)12-16(5)26(20,6)36-27)23(32)29-21-15(4)9-8-10-18(21)28/h8-10,14,16-17,19-20,22,31H,7,11-13H2,1-6H3,(H,29,32)/t16?,17-,19+,20+,22?,26-,27?/m1/s1. The molecule has 0 saturated carbocycles. The molecule has 3 aliphatic heterocycles. The van der Waals surface area contributed by atoms with Gasteiger partial charge in [0, 0.05) is 0 Å². The number of hydrogen-bond acceptors (Lipinski definition) is 6. The minimum atomic E-state index is -1.22. The molecule has 198 valence electrons. The molecule has 2 amide bonds. The molecule has 0 radical (unpaired) electrons. The van der Waals surface area contributed by atoms with Gasteiger partial charge in [-0.15, -0.1) is 0 Å². The number of amides is 2. The third kappa shape index (κ3) is 3.92. The van der Waals surface area contributed by atoms with Gasteiger partial charge in [0.25, 0.3) is 0 Å². The third-order valence-electron chi connectivity index (χ3n) is 8.36. The number of para-hydroxylation sites is 1. The largest absolute Gasteiger partial charge is 0.466 e. The number of aliphatic hydroxyl groups is 1. The lowest BCUT2D eigenvalue weighted by atomic mass is 9.62. The number of carbonyl (C=O) groups is 3. The van der Waals surface area contributed by atoms with Gasteiger partial charge in [-0.05, 0) is 57.1 Å². The van der Waals surface area contributed by atoms with Crippen LogP contribution in [0.15, 0.2) is 18.2 Å². The summed E-state index contributed by atoms with van der Waals surface area (Å²) in [5, 5.41) is 13.7. The SMILES string of the molecule is CCOC(=O)[C@@H]1[C@H]2C(=O)N([C@@H](CO)CC(C)C)C(C(=O)Nc3c(C)cccc3Cl)C23CC(C)[C@@]1(C)O3. The van der Waals surface area contributed by atoms with Crippen molar-refractivity contribution >= 4 is 35.1 Å². The summed E-state index contributed by atoms with van der Waals surface area (Å²) < 4.78 is 12.1. The molecule has 1 aromatic rings. The van der Waals surface area contributed by atoms with E-state index in [2.05, 4.69) is 5.32 Å². The summed E-state index contributed by atoms with van der Waals surface area (Å²) in [6.07, 6.45) is 0.933. The number of benzene rings is 1. The molecule has 1 aromatic carbocycles. The van der Waals surface area contributed by atoms with Crippen molar-refractivity contribution in [2.45, 2.75) is 77.7 Å². The van der Waals surface area contributed by atoms with E-state index in [0.29, 0.717) is 23.6 Å². The number of hydrogen-bond donors (Lipinski definition) is 2. The third-order valence-corrected chi connectivity index (χ3v) is 8.67. The second-order valence-corrected chi connectivity index (χ2v) is 11.5. The van der Waals surface area contributed by atoms with Crippen LogP contribution in [0.1, 0.15) is 53.0 Å². The average Bonchev–Trinajstić information content (AvgIpc) is 3.31. The van der Waals surface area contributed by atoms with E-state index in [0.717, 1.165) is 5.56 Å². The average molecular weight is 521 g/mol. The number of carbonyl (C=O) groups excluding carboxylic acids is 3. The number of rotatable bonds is 8. The Hall–Kier alpha value is -2.16. The number of likely N-dealkylation sites (tertiary alicyclic amines) is 1. The first-order valence-electron chi connectivity index (χ1n) is 12.8. The number of fused-ring (bicyclic) bond motifs is 1. The molecule has 3 aliphatic rings. The zero-order valence-corrected chi connectivity index (χ0v) is 22.6. The fourth-order valence-electron chi connectivity index (χ4n) is 6.76. The van der Waals surface area contributed by atoms with Crippen molar-refractivity contribution in [3.05, 3.63) is 28.8 Å². The van der Waals surface area contributed by atoms with Crippen LogP contribution in [0.2, 0.25) is 5.02 Å². The number of esters is 1. The number of nitrogens with zero attached hydrogens (tertiary/aromatic N) is 1. The fourth-order valence-corrected chi connectivity index (χ4v) is 7.03. The maximum absolute atomic E-state index is 14.1. The molecular weight excluding hydrogens is 484 g/mol. The smallest absolute Gasteiger partial charge is 0.312 e. The minimum Gasteiger partial charge on any atom is -0.466 e. The fraction of sp³-hybridized carbons (Fsp3) is 0.667. The summed E-state index contributed by atoms with van der Waals surface area (Å²) in [4.78, 5) is 42.9. The Morgan fingerprint density at radius 2 is 2.06 bits per heavy atom. The number of aryl methyl sites for hydroxylation is 1. The van der Waals surface area contributed by atoms with Crippen molar-refractivity contribution in [1.29, 1.82) is 0 Å². The Balaban J connectivity index is 1.84. The first-order valence-corrected chi connectivity index (χ1v) is 13.2. The Bertz CT molecular complexity index is 1040. The molecule has 0 aliphatic carbocycles. The minimum absolute atomic E-state index is 0.0917. The van der Waals surface area contributed by atoms with Crippen LogP contribution in [0.3, 0.4) is 0 Å². The monoisotopic (exact) mass is 520 g/mol. The topological polar surface area (TPSA) is 105 Å². The van der Waals surface area contributed by atoms with Crippen molar-refractivity contribution in [3.8, 4) is 0 Å². The van der Waals surface area contributed by atoms with Gasteiger partial charge in [0.05, 0.1) is 41.5 Å². The zero-order valence-electron chi connectivity index (χ0n) is 21.8. The van der Waals surface area contributed by atoms with Gasteiger partial charge in [-0.25, -0.2) is 0 Å². The van der Waals surface area contributed by atoms with Crippen molar-refractivity contribution < 1.29 is 29.0 Å². The Kier molecular flexibility index (Phi) is 7.18. The van der Waals surface area contributed by atoms with Gasteiger partial charge >= 0.3 is 5.97 Å². The molecular formula is C27H37ClN2O6. The number of ether oxygens (including phenoxy) is 2. The lowest BCUT2D eigenvalue weighted by Gasteiger charge is -2.37.